The second-order valence-corrected chi connectivity index (χ2v) is 4.99. The Morgan fingerprint density at radius 1 is 1.26 bits per heavy atom. The van der Waals surface area contributed by atoms with E-state index in [-0.39, 0.29) is 12.3 Å². The predicted molar refractivity (Wildman–Crippen MR) is 70.9 cm³/mol. The first kappa shape index (κ1) is 15.0. The summed E-state index contributed by atoms with van der Waals surface area (Å²) in [5.41, 5.74) is 0.0125. The molecule has 5 nitrogen and oxygen atoms in total. The third-order valence-corrected chi connectivity index (χ3v) is 2.82. The fourth-order valence-corrected chi connectivity index (χ4v) is 1.62. The van der Waals surface area contributed by atoms with Crippen molar-refractivity contribution in [2.45, 2.75) is 26.8 Å². The van der Waals surface area contributed by atoms with Gasteiger partial charge in [0.25, 0.3) is 0 Å². The number of carbonyl (C=O) groups is 2. The Labute approximate surface area is 112 Å². The Hall–Kier alpha value is -2.04. The molecule has 0 fully saturated rings. The minimum Gasteiger partial charge on any atom is -0.497 e. The summed E-state index contributed by atoms with van der Waals surface area (Å²) in [6, 6.07) is 7.32. The summed E-state index contributed by atoms with van der Waals surface area (Å²) < 4.78 is 5.04. The van der Waals surface area contributed by atoms with Gasteiger partial charge in [0.15, 0.2) is 0 Å². The van der Waals surface area contributed by atoms with E-state index in [9.17, 15) is 9.59 Å². The number of carbonyl (C=O) groups excluding carboxylic acids is 1. The van der Waals surface area contributed by atoms with Crippen LogP contribution in [-0.4, -0.2) is 24.1 Å². The first-order valence-corrected chi connectivity index (χ1v) is 5.98. The molecular weight excluding hydrogens is 246 g/mol. The molecule has 0 spiro atoms. The van der Waals surface area contributed by atoms with Crippen LogP contribution in [0.2, 0.25) is 0 Å². The number of carboxylic acids is 1. The lowest BCUT2D eigenvalue weighted by molar-refractivity contribution is -0.144. The van der Waals surface area contributed by atoms with E-state index < -0.39 is 11.4 Å². The number of aliphatic carboxylic acids is 1. The molecule has 2 N–H and O–H groups in total. The molecule has 0 heterocycles. The van der Waals surface area contributed by atoms with E-state index in [0.717, 1.165) is 11.3 Å². The molecule has 104 valence electrons. The molecule has 1 aromatic carbocycles. The maximum Gasteiger partial charge on any atom is 0.304 e. The summed E-state index contributed by atoms with van der Waals surface area (Å²) >= 11 is 0. The molecule has 5 heteroatoms. The number of carboxylic acid groups (broad SMARTS) is 1. The van der Waals surface area contributed by atoms with E-state index in [0.29, 0.717) is 6.54 Å². The second-order valence-electron chi connectivity index (χ2n) is 4.99. The molecule has 0 saturated carbocycles. The zero-order valence-corrected chi connectivity index (χ0v) is 11.4. The molecule has 0 atom stereocenters. The van der Waals surface area contributed by atoms with Crippen LogP contribution < -0.4 is 10.1 Å². The van der Waals surface area contributed by atoms with Gasteiger partial charge in [-0.1, -0.05) is 26.0 Å². The van der Waals surface area contributed by atoms with Gasteiger partial charge in [0, 0.05) is 6.54 Å². The maximum absolute atomic E-state index is 11.9. The van der Waals surface area contributed by atoms with Gasteiger partial charge >= 0.3 is 5.97 Å². The van der Waals surface area contributed by atoms with Crippen LogP contribution in [-0.2, 0) is 16.1 Å². The van der Waals surface area contributed by atoms with Gasteiger partial charge in [-0.3, -0.25) is 9.59 Å². The molecule has 1 amide bonds. The molecule has 0 unspecified atom stereocenters. The molecule has 0 aromatic heterocycles. The van der Waals surface area contributed by atoms with Crippen molar-refractivity contribution in [1.82, 2.24) is 5.32 Å². The molecule has 1 aromatic rings. The van der Waals surface area contributed by atoms with Gasteiger partial charge in [0.05, 0.1) is 18.9 Å². The highest BCUT2D eigenvalue weighted by molar-refractivity contribution is 5.86. The van der Waals surface area contributed by atoms with Gasteiger partial charge in [-0.25, -0.2) is 0 Å². The number of hydrogen-bond donors (Lipinski definition) is 2. The largest absolute Gasteiger partial charge is 0.497 e. The lowest BCUT2D eigenvalue weighted by atomic mass is 9.88. The Morgan fingerprint density at radius 3 is 2.32 bits per heavy atom. The third kappa shape index (κ3) is 4.62. The second kappa shape index (κ2) is 6.22. The average Bonchev–Trinajstić information content (AvgIpc) is 2.35. The van der Waals surface area contributed by atoms with Crippen LogP contribution >= 0.6 is 0 Å². The normalized spacial score (nSPS) is 10.9. The number of nitrogens with one attached hydrogen (secondary N) is 1. The fourth-order valence-electron chi connectivity index (χ4n) is 1.62. The SMILES string of the molecule is COc1ccc(CNC(=O)C(C)(C)CC(=O)O)cc1. The number of methoxy groups -OCH3 is 1. The van der Waals surface area contributed by atoms with Crippen LogP contribution in [0, 0.1) is 5.41 Å². The summed E-state index contributed by atoms with van der Waals surface area (Å²) in [4.78, 5) is 22.6. The van der Waals surface area contributed by atoms with Crippen molar-refractivity contribution in [3.8, 4) is 5.75 Å². The summed E-state index contributed by atoms with van der Waals surface area (Å²) in [7, 11) is 1.59. The molecule has 0 saturated heterocycles. The fraction of sp³-hybridized carbons (Fsp3) is 0.429. The van der Waals surface area contributed by atoms with Crippen molar-refractivity contribution >= 4 is 11.9 Å². The van der Waals surface area contributed by atoms with Crippen molar-refractivity contribution in [2.24, 2.45) is 5.41 Å². The van der Waals surface area contributed by atoms with Gasteiger partial charge in [-0.2, -0.15) is 0 Å². The van der Waals surface area contributed by atoms with Crippen LogP contribution in [0.4, 0.5) is 0 Å². The van der Waals surface area contributed by atoms with E-state index in [1.54, 1.807) is 21.0 Å². The van der Waals surface area contributed by atoms with Crippen LogP contribution in [0.25, 0.3) is 0 Å². The number of benzene rings is 1. The Balaban J connectivity index is 2.55. The van der Waals surface area contributed by atoms with E-state index in [1.165, 1.54) is 0 Å². The van der Waals surface area contributed by atoms with Crippen LogP contribution in [0.5, 0.6) is 5.75 Å². The van der Waals surface area contributed by atoms with Gasteiger partial charge in [0.2, 0.25) is 5.91 Å². The zero-order valence-electron chi connectivity index (χ0n) is 11.4. The highest BCUT2D eigenvalue weighted by atomic mass is 16.5. The molecule has 1 rings (SSSR count). The van der Waals surface area contributed by atoms with Gasteiger partial charge in [0.1, 0.15) is 5.75 Å². The van der Waals surface area contributed by atoms with Crippen LogP contribution in [0.1, 0.15) is 25.8 Å². The summed E-state index contributed by atoms with van der Waals surface area (Å²) in [5, 5.41) is 11.5. The van der Waals surface area contributed by atoms with Gasteiger partial charge < -0.3 is 15.2 Å². The molecular formula is C14H19NO4. The molecule has 0 aliphatic heterocycles. The highest BCUT2D eigenvalue weighted by Crippen LogP contribution is 2.20. The van der Waals surface area contributed by atoms with Crippen LogP contribution in [0.15, 0.2) is 24.3 Å². The standard InChI is InChI=1S/C14H19NO4/c1-14(2,8-12(16)17)13(18)15-9-10-4-6-11(19-3)7-5-10/h4-7H,8-9H2,1-3H3,(H,15,18)(H,16,17). The molecule has 0 aliphatic carbocycles. The monoisotopic (exact) mass is 265 g/mol. The maximum atomic E-state index is 11.9. The first-order chi connectivity index (χ1) is 8.85. The van der Waals surface area contributed by atoms with Crippen molar-refractivity contribution in [1.29, 1.82) is 0 Å². The lowest BCUT2D eigenvalue weighted by Gasteiger charge is -2.21. The smallest absolute Gasteiger partial charge is 0.304 e. The first-order valence-electron chi connectivity index (χ1n) is 5.98. The van der Waals surface area contributed by atoms with Crippen molar-refractivity contribution in [2.75, 3.05) is 7.11 Å². The summed E-state index contributed by atoms with van der Waals surface area (Å²) in [6.45, 7) is 3.60. The number of rotatable bonds is 6. The van der Waals surface area contributed by atoms with Crippen LogP contribution in [0.3, 0.4) is 0 Å². The minimum absolute atomic E-state index is 0.193. The summed E-state index contributed by atoms with van der Waals surface area (Å²) in [5.74, 6) is -0.503. The number of amides is 1. The van der Waals surface area contributed by atoms with E-state index in [1.807, 2.05) is 24.3 Å². The van der Waals surface area contributed by atoms with Crippen molar-refractivity contribution in [3.05, 3.63) is 29.8 Å². The summed E-state index contributed by atoms with van der Waals surface area (Å²) in [6.07, 6.45) is -0.193. The number of ether oxygens (including phenoxy) is 1. The Kier molecular flexibility index (Phi) is 4.92. The molecule has 19 heavy (non-hydrogen) atoms. The van der Waals surface area contributed by atoms with E-state index in [4.69, 9.17) is 9.84 Å². The zero-order chi connectivity index (χ0) is 14.5. The molecule has 0 bridgehead atoms. The highest BCUT2D eigenvalue weighted by Gasteiger charge is 2.30. The van der Waals surface area contributed by atoms with Crippen molar-refractivity contribution < 1.29 is 19.4 Å². The molecule has 0 radical (unpaired) electrons. The van der Waals surface area contributed by atoms with E-state index >= 15 is 0 Å². The predicted octanol–water partition coefficient (Wildman–Crippen LogP) is 1.81. The Bertz CT molecular complexity index is 451. The minimum atomic E-state index is -0.982. The topological polar surface area (TPSA) is 75.6 Å². The lowest BCUT2D eigenvalue weighted by Crippen LogP contribution is -2.37. The average molecular weight is 265 g/mol. The quantitative estimate of drug-likeness (QED) is 0.822. The van der Waals surface area contributed by atoms with Gasteiger partial charge in [-0.05, 0) is 17.7 Å². The third-order valence-electron chi connectivity index (χ3n) is 2.82. The molecule has 0 aliphatic rings. The van der Waals surface area contributed by atoms with E-state index in [2.05, 4.69) is 5.32 Å². The van der Waals surface area contributed by atoms with Crippen molar-refractivity contribution in [3.63, 3.8) is 0 Å². The van der Waals surface area contributed by atoms with Gasteiger partial charge in [-0.15, -0.1) is 0 Å². The Morgan fingerprint density at radius 2 is 1.84 bits per heavy atom. The number of hydrogen-bond acceptors (Lipinski definition) is 3.